The van der Waals surface area contributed by atoms with Crippen molar-refractivity contribution in [1.82, 2.24) is 0 Å². The molecule has 0 spiro atoms. The number of nitrogens with zero attached hydrogens (tertiary/aromatic N) is 1. The monoisotopic (exact) mass is 287 g/mol. The molecular weight excluding hydrogens is 278 g/mol. The maximum atomic E-state index is 11.3. The Bertz CT molecular complexity index is 678. The zero-order chi connectivity index (χ0) is 14.5. The molecule has 20 heavy (non-hydrogen) atoms. The van der Waals surface area contributed by atoms with Gasteiger partial charge >= 0.3 is 0 Å². The second kappa shape index (κ2) is 6.12. The van der Waals surface area contributed by atoms with Gasteiger partial charge < -0.3 is 0 Å². The van der Waals surface area contributed by atoms with Crippen molar-refractivity contribution < 1.29 is 9.72 Å². The number of carbonyl (C=O) groups excluding carboxylic acids is 1. The second-order valence-corrected chi connectivity index (χ2v) is 4.39. The minimum absolute atomic E-state index is 0.0403. The number of non-ortho nitro benzene ring substituents is 1. The number of nitro benzene ring substituents is 1. The molecule has 0 radical (unpaired) electrons. The highest BCUT2D eigenvalue weighted by molar-refractivity contribution is 6.68. The molecule has 0 saturated carbocycles. The third-order valence-corrected chi connectivity index (χ3v) is 2.94. The van der Waals surface area contributed by atoms with Crippen LogP contribution in [0, 0.1) is 10.1 Å². The van der Waals surface area contributed by atoms with Gasteiger partial charge in [0.2, 0.25) is 0 Å². The van der Waals surface area contributed by atoms with Gasteiger partial charge in [0.05, 0.1) is 4.92 Å². The van der Waals surface area contributed by atoms with Crippen LogP contribution in [0.3, 0.4) is 0 Å². The Morgan fingerprint density at radius 1 is 1.05 bits per heavy atom. The summed E-state index contributed by atoms with van der Waals surface area (Å²) in [6.45, 7) is 0. The van der Waals surface area contributed by atoms with E-state index in [1.807, 2.05) is 0 Å². The zero-order valence-electron chi connectivity index (χ0n) is 10.3. The van der Waals surface area contributed by atoms with Gasteiger partial charge in [-0.15, -0.1) is 0 Å². The maximum Gasteiger partial charge on any atom is 0.269 e. The SMILES string of the molecule is O=C(Cl)c1ccccc1C=Cc1ccc([N+](=O)[O-])cc1. The highest BCUT2D eigenvalue weighted by Gasteiger charge is 2.05. The molecular formula is C15H10ClNO3. The van der Waals surface area contributed by atoms with Crippen LogP contribution in [0.25, 0.3) is 12.2 Å². The molecule has 0 aliphatic heterocycles. The first-order chi connectivity index (χ1) is 9.58. The number of hydrogen-bond acceptors (Lipinski definition) is 3. The van der Waals surface area contributed by atoms with Crippen molar-refractivity contribution in [1.29, 1.82) is 0 Å². The molecule has 0 aromatic heterocycles. The lowest BCUT2D eigenvalue weighted by Crippen LogP contribution is -1.92. The lowest BCUT2D eigenvalue weighted by molar-refractivity contribution is -0.384. The molecule has 0 aliphatic rings. The number of halogens is 1. The van der Waals surface area contributed by atoms with Crippen LogP contribution >= 0.6 is 11.6 Å². The molecule has 2 aromatic carbocycles. The molecule has 4 nitrogen and oxygen atoms in total. The van der Waals surface area contributed by atoms with E-state index in [2.05, 4.69) is 0 Å². The Hall–Kier alpha value is -2.46. The first-order valence-corrected chi connectivity index (χ1v) is 6.17. The average molecular weight is 288 g/mol. The Morgan fingerprint density at radius 2 is 1.70 bits per heavy atom. The van der Waals surface area contributed by atoms with Crippen molar-refractivity contribution in [2.24, 2.45) is 0 Å². The summed E-state index contributed by atoms with van der Waals surface area (Å²) in [6, 6.07) is 13.1. The minimum Gasteiger partial charge on any atom is -0.276 e. The van der Waals surface area contributed by atoms with Crippen LogP contribution in [0.1, 0.15) is 21.5 Å². The van der Waals surface area contributed by atoms with Crippen LogP contribution < -0.4 is 0 Å². The summed E-state index contributed by atoms with van der Waals surface area (Å²) >= 11 is 5.50. The second-order valence-electron chi connectivity index (χ2n) is 4.04. The van der Waals surface area contributed by atoms with Crippen molar-refractivity contribution in [3.05, 3.63) is 75.3 Å². The molecule has 5 heteroatoms. The third kappa shape index (κ3) is 3.30. The molecule has 0 aliphatic carbocycles. The fraction of sp³-hybridized carbons (Fsp3) is 0. The van der Waals surface area contributed by atoms with E-state index in [0.29, 0.717) is 11.1 Å². The van der Waals surface area contributed by atoms with Crippen LogP contribution in [0.2, 0.25) is 0 Å². The summed E-state index contributed by atoms with van der Waals surface area (Å²) in [5.41, 5.74) is 1.96. The standard InChI is InChI=1S/C15H10ClNO3/c16-15(18)14-4-2-1-3-12(14)8-5-11-6-9-13(10-7-11)17(19)20/h1-10H. The molecule has 2 rings (SSSR count). The van der Waals surface area contributed by atoms with E-state index in [-0.39, 0.29) is 5.69 Å². The molecule has 0 heterocycles. The summed E-state index contributed by atoms with van der Waals surface area (Å²) in [4.78, 5) is 21.4. The first-order valence-electron chi connectivity index (χ1n) is 5.79. The van der Waals surface area contributed by atoms with E-state index in [4.69, 9.17) is 11.6 Å². The van der Waals surface area contributed by atoms with Gasteiger partial charge in [0.1, 0.15) is 0 Å². The van der Waals surface area contributed by atoms with Crippen LogP contribution in [-0.4, -0.2) is 10.2 Å². The van der Waals surface area contributed by atoms with Crippen LogP contribution in [0.15, 0.2) is 48.5 Å². The maximum absolute atomic E-state index is 11.3. The van der Waals surface area contributed by atoms with Crippen molar-refractivity contribution in [2.45, 2.75) is 0 Å². The number of nitro groups is 1. The molecule has 0 unspecified atom stereocenters. The first kappa shape index (κ1) is 14.0. The smallest absolute Gasteiger partial charge is 0.269 e. The normalized spacial score (nSPS) is 10.7. The summed E-state index contributed by atoms with van der Waals surface area (Å²) in [7, 11) is 0. The van der Waals surface area contributed by atoms with E-state index in [9.17, 15) is 14.9 Å². The van der Waals surface area contributed by atoms with Crippen molar-refractivity contribution in [3.63, 3.8) is 0 Å². The Labute approximate surface area is 120 Å². The largest absolute Gasteiger partial charge is 0.276 e. The molecule has 100 valence electrons. The van der Waals surface area contributed by atoms with Gasteiger partial charge in [-0.05, 0) is 40.9 Å². The lowest BCUT2D eigenvalue weighted by atomic mass is 10.1. The van der Waals surface area contributed by atoms with E-state index in [1.54, 1.807) is 48.6 Å². The molecule has 0 atom stereocenters. The topological polar surface area (TPSA) is 60.2 Å². The van der Waals surface area contributed by atoms with Gasteiger partial charge in [-0.25, -0.2) is 0 Å². The highest BCUT2D eigenvalue weighted by atomic mass is 35.5. The average Bonchev–Trinajstić information content (AvgIpc) is 2.45. The van der Waals surface area contributed by atoms with E-state index in [0.717, 1.165) is 5.56 Å². The highest BCUT2D eigenvalue weighted by Crippen LogP contribution is 2.17. The van der Waals surface area contributed by atoms with Gasteiger partial charge in [-0.3, -0.25) is 14.9 Å². The molecule has 2 aromatic rings. The summed E-state index contributed by atoms with van der Waals surface area (Å²) in [5.74, 6) is 0. The van der Waals surface area contributed by atoms with Gasteiger partial charge in [-0.1, -0.05) is 30.4 Å². The van der Waals surface area contributed by atoms with Crippen LogP contribution in [0.4, 0.5) is 5.69 Å². The Balaban J connectivity index is 2.25. The van der Waals surface area contributed by atoms with E-state index >= 15 is 0 Å². The third-order valence-electron chi connectivity index (χ3n) is 2.73. The van der Waals surface area contributed by atoms with Crippen molar-refractivity contribution in [3.8, 4) is 0 Å². The fourth-order valence-corrected chi connectivity index (χ4v) is 1.89. The van der Waals surface area contributed by atoms with Gasteiger partial charge in [0.15, 0.2) is 0 Å². The molecule has 0 N–H and O–H groups in total. The van der Waals surface area contributed by atoms with E-state index in [1.165, 1.54) is 12.1 Å². The number of benzene rings is 2. The molecule has 0 fully saturated rings. The zero-order valence-corrected chi connectivity index (χ0v) is 11.1. The van der Waals surface area contributed by atoms with Gasteiger partial charge in [-0.2, -0.15) is 0 Å². The predicted octanol–water partition coefficient (Wildman–Crippen LogP) is 4.14. The minimum atomic E-state index is -0.519. The number of rotatable bonds is 4. The summed E-state index contributed by atoms with van der Waals surface area (Å²) in [6.07, 6.45) is 3.51. The van der Waals surface area contributed by atoms with Crippen LogP contribution in [-0.2, 0) is 0 Å². The molecule has 0 bridgehead atoms. The molecule has 0 saturated heterocycles. The fourth-order valence-electron chi connectivity index (χ4n) is 1.71. The lowest BCUT2D eigenvalue weighted by Gasteiger charge is -2.00. The number of hydrogen-bond donors (Lipinski definition) is 0. The Kier molecular flexibility index (Phi) is 4.27. The summed E-state index contributed by atoms with van der Waals surface area (Å²) in [5, 5.41) is 10.0. The predicted molar refractivity (Wildman–Crippen MR) is 78.6 cm³/mol. The quantitative estimate of drug-likeness (QED) is 0.367. The summed E-state index contributed by atoms with van der Waals surface area (Å²) < 4.78 is 0. The van der Waals surface area contributed by atoms with E-state index < -0.39 is 10.2 Å². The van der Waals surface area contributed by atoms with Gasteiger partial charge in [0.25, 0.3) is 10.9 Å². The molecule has 0 amide bonds. The van der Waals surface area contributed by atoms with Gasteiger partial charge in [0, 0.05) is 17.7 Å². The Morgan fingerprint density at radius 3 is 2.30 bits per heavy atom. The van der Waals surface area contributed by atoms with Crippen molar-refractivity contribution in [2.75, 3.05) is 0 Å². The van der Waals surface area contributed by atoms with Crippen LogP contribution in [0.5, 0.6) is 0 Å². The number of carbonyl (C=O) groups is 1. The van der Waals surface area contributed by atoms with Crippen molar-refractivity contribution >= 4 is 34.7 Å².